The Kier molecular flexibility index (Phi) is 5.24. The third kappa shape index (κ3) is 3.29. The van der Waals surface area contributed by atoms with Crippen molar-refractivity contribution >= 4 is 23.6 Å². The third-order valence-corrected chi connectivity index (χ3v) is 7.45. The molecule has 3 fully saturated rings. The number of aliphatic carboxylic acids is 1. The number of likely N-dealkylation sites (tertiary alicyclic amines) is 1. The summed E-state index contributed by atoms with van der Waals surface area (Å²) in [6, 6.07) is -0.232. The van der Waals surface area contributed by atoms with Crippen LogP contribution >= 0.6 is 11.8 Å². The molecule has 3 saturated heterocycles. The van der Waals surface area contributed by atoms with E-state index in [-0.39, 0.29) is 29.7 Å². The Balaban J connectivity index is 1.38. The Morgan fingerprint density at radius 2 is 2.19 bits per heavy atom. The molecule has 1 unspecified atom stereocenters. The molecule has 0 aromatic heterocycles. The van der Waals surface area contributed by atoms with Crippen molar-refractivity contribution in [3.63, 3.8) is 0 Å². The molecule has 0 aromatic rings. The fourth-order valence-electron chi connectivity index (χ4n) is 4.63. The minimum atomic E-state index is -1.05. The predicted molar refractivity (Wildman–Crippen MR) is 100 cm³/mol. The van der Waals surface area contributed by atoms with Gasteiger partial charge in [-0.3, -0.25) is 9.69 Å². The smallest absolute Gasteiger partial charge is 0.353 e. The molecule has 0 aliphatic carbocycles. The van der Waals surface area contributed by atoms with E-state index < -0.39 is 18.0 Å². The fourth-order valence-corrected chi connectivity index (χ4v) is 6.21. The lowest BCUT2D eigenvalue weighted by Gasteiger charge is -2.46. The largest absolute Gasteiger partial charge is 0.477 e. The van der Waals surface area contributed by atoms with Gasteiger partial charge >= 0.3 is 5.97 Å². The molecule has 0 radical (unpaired) electrons. The van der Waals surface area contributed by atoms with Gasteiger partial charge in [-0.25, -0.2) is 4.79 Å². The van der Waals surface area contributed by atoms with Crippen LogP contribution in [0.5, 0.6) is 0 Å². The van der Waals surface area contributed by atoms with Crippen LogP contribution in [0.1, 0.15) is 13.8 Å². The van der Waals surface area contributed by atoms with Gasteiger partial charge in [0.05, 0.1) is 30.8 Å². The van der Waals surface area contributed by atoms with Gasteiger partial charge < -0.3 is 25.2 Å². The van der Waals surface area contributed by atoms with Crippen molar-refractivity contribution < 1.29 is 24.5 Å². The van der Waals surface area contributed by atoms with E-state index in [2.05, 4.69) is 10.2 Å². The van der Waals surface area contributed by atoms with E-state index >= 15 is 0 Å². The number of β-lactam (4-membered cyclic amide) rings is 1. The first-order chi connectivity index (χ1) is 12.9. The van der Waals surface area contributed by atoms with Crippen molar-refractivity contribution in [2.75, 3.05) is 39.3 Å². The zero-order chi connectivity index (χ0) is 19.3. The predicted octanol–water partition coefficient (Wildman–Crippen LogP) is -0.454. The summed E-state index contributed by atoms with van der Waals surface area (Å²) >= 11 is 1.59. The van der Waals surface area contributed by atoms with Crippen molar-refractivity contribution in [2.24, 2.45) is 11.8 Å². The van der Waals surface area contributed by atoms with Crippen molar-refractivity contribution in [1.82, 2.24) is 15.1 Å². The van der Waals surface area contributed by atoms with Gasteiger partial charge in [0, 0.05) is 48.8 Å². The number of nitrogens with zero attached hydrogens (tertiary/aromatic N) is 2. The number of hydrogen-bond acceptors (Lipinski definition) is 7. The van der Waals surface area contributed by atoms with Gasteiger partial charge in [0.25, 0.3) is 0 Å². The first-order valence-corrected chi connectivity index (χ1v) is 10.5. The standard InChI is InChI=1S/C18H27N3O5S/c1-9-14-13(10(2)22)17(23)21(14)15(18(24)25)16(9)27-12-7-20(8-12)6-11-5-19-3-4-26-11/h9-14,19,22H,3-8H2,1-2H3,(H,24,25)/t9-,10-,11?,13-,14-/m1/s1. The van der Waals surface area contributed by atoms with Crippen molar-refractivity contribution in [3.05, 3.63) is 10.6 Å². The molecule has 4 aliphatic rings. The lowest BCUT2D eigenvalue weighted by atomic mass is 9.79. The van der Waals surface area contributed by atoms with Crippen LogP contribution in [0.3, 0.4) is 0 Å². The average molecular weight is 397 g/mol. The zero-order valence-corrected chi connectivity index (χ0v) is 16.4. The number of hydrogen-bond donors (Lipinski definition) is 3. The second-order valence-electron chi connectivity index (χ2n) is 7.93. The highest BCUT2D eigenvalue weighted by molar-refractivity contribution is 8.03. The Morgan fingerprint density at radius 3 is 2.78 bits per heavy atom. The van der Waals surface area contributed by atoms with E-state index in [1.165, 1.54) is 4.90 Å². The number of amides is 1. The molecule has 0 saturated carbocycles. The van der Waals surface area contributed by atoms with Gasteiger partial charge in [0.2, 0.25) is 5.91 Å². The Bertz CT molecular complexity index is 657. The number of ether oxygens (including phenoxy) is 1. The third-order valence-electron chi connectivity index (χ3n) is 5.99. The van der Waals surface area contributed by atoms with E-state index in [0.29, 0.717) is 5.25 Å². The molecule has 5 atom stereocenters. The molecule has 0 spiro atoms. The molecule has 0 bridgehead atoms. The molecular formula is C18H27N3O5S. The van der Waals surface area contributed by atoms with Crippen LogP contribution in [-0.2, 0) is 14.3 Å². The van der Waals surface area contributed by atoms with Crippen molar-refractivity contribution in [3.8, 4) is 0 Å². The summed E-state index contributed by atoms with van der Waals surface area (Å²) in [5.74, 6) is -1.88. The summed E-state index contributed by atoms with van der Waals surface area (Å²) < 4.78 is 5.74. The van der Waals surface area contributed by atoms with Crippen LogP contribution in [0.15, 0.2) is 10.6 Å². The number of aliphatic hydroxyl groups excluding tert-OH is 1. The van der Waals surface area contributed by atoms with Crippen LogP contribution < -0.4 is 5.32 Å². The normalized spacial score (nSPS) is 35.7. The van der Waals surface area contributed by atoms with Crippen LogP contribution in [0.25, 0.3) is 0 Å². The van der Waals surface area contributed by atoms with Crippen LogP contribution in [0.2, 0.25) is 0 Å². The maximum absolute atomic E-state index is 12.4. The van der Waals surface area contributed by atoms with Gasteiger partial charge in [0.15, 0.2) is 0 Å². The van der Waals surface area contributed by atoms with Crippen molar-refractivity contribution in [2.45, 2.75) is 37.3 Å². The first-order valence-electron chi connectivity index (χ1n) is 9.58. The average Bonchev–Trinajstić information content (AvgIpc) is 2.83. The lowest BCUT2D eigenvalue weighted by molar-refractivity contribution is -0.163. The topological polar surface area (TPSA) is 102 Å². The molecule has 4 rings (SSSR count). The second kappa shape index (κ2) is 7.36. The van der Waals surface area contributed by atoms with Crippen LogP contribution in [0, 0.1) is 11.8 Å². The highest BCUT2D eigenvalue weighted by Gasteiger charge is 2.60. The van der Waals surface area contributed by atoms with Crippen molar-refractivity contribution in [1.29, 1.82) is 0 Å². The number of nitrogens with one attached hydrogen (secondary N) is 1. The Morgan fingerprint density at radius 1 is 1.44 bits per heavy atom. The number of carbonyl (C=O) groups excluding carboxylic acids is 1. The number of morpholine rings is 1. The van der Waals surface area contributed by atoms with E-state index in [1.807, 2.05) is 6.92 Å². The number of carboxylic acid groups (broad SMARTS) is 1. The molecule has 9 heteroatoms. The van der Waals surface area contributed by atoms with E-state index in [4.69, 9.17) is 4.74 Å². The quantitative estimate of drug-likeness (QED) is 0.518. The number of carbonyl (C=O) groups is 2. The van der Waals surface area contributed by atoms with Crippen LogP contribution in [-0.4, -0.2) is 94.7 Å². The summed E-state index contributed by atoms with van der Waals surface area (Å²) in [4.78, 5) is 28.7. The number of rotatable bonds is 6. The molecule has 1 amide bonds. The van der Waals surface area contributed by atoms with E-state index in [9.17, 15) is 19.8 Å². The molecule has 4 aliphatic heterocycles. The molecule has 4 heterocycles. The van der Waals surface area contributed by atoms with Gasteiger partial charge in [-0.15, -0.1) is 11.8 Å². The second-order valence-corrected chi connectivity index (χ2v) is 9.27. The molecule has 8 nitrogen and oxygen atoms in total. The summed E-state index contributed by atoms with van der Waals surface area (Å²) in [6.45, 7) is 8.78. The number of fused-ring (bicyclic) bond motifs is 1. The Labute approximate surface area is 162 Å². The zero-order valence-electron chi connectivity index (χ0n) is 15.6. The molecule has 27 heavy (non-hydrogen) atoms. The number of thioether (sulfide) groups is 1. The van der Waals surface area contributed by atoms with Gasteiger partial charge in [0.1, 0.15) is 5.70 Å². The number of aliphatic hydroxyl groups is 1. The maximum Gasteiger partial charge on any atom is 0.353 e. The lowest BCUT2D eigenvalue weighted by Crippen LogP contribution is -2.63. The van der Waals surface area contributed by atoms with E-state index in [1.54, 1.807) is 18.7 Å². The SMILES string of the molecule is C[C@@H](O)[C@H]1C(=O)N2C(C(=O)O)=C(SC3CN(CC4CNCCO4)C3)[C@H](C)[C@H]12. The van der Waals surface area contributed by atoms with Crippen LogP contribution in [0.4, 0.5) is 0 Å². The monoisotopic (exact) mass is 397 g/mol. The molecule has 150 valence electrons. The summed E-state index contributed by atoms with van der Waals surface area (Å²) in [5, 5.41) is 23.2. The van der Waals surface area contributed by atoms with Gasteiger partial charge in [-0.1, -0.05) is 6.92 Å². The highest BCUT2D eigenvalue weighted by Crippen LogP contribution is 2.51. The maximum atomic E-state index is 12.4. The molecule has 0 aromatic carbocycles. The van der Waals surface area contributed by atoms with Gasteiger partial charge in [-0.2, -0.15) is 0 Å². The summed E-state index contributed by atoms with van der Waals surface area (Å²) in [5.41, 5.74) is 0.123. The highest BCUT2D eigenvalue weighted by atomic mass is 32.2. The van der Waals surface area contributed by atoms with E-state index in [0.717, 1.165) is 44.2 Å². The Hall–Kier alpha value is -1.13. The summed E-state index contributed by atoms with van der Waals surface area (Å²) in [7, 11) is 0. The molecular weight excluding hydrogens is 370 g/mol. The first kappa shape index (κ1) is 19.2. The fraction of sp³-hybridized carbons (Fsp3) is 0.778. The summed E-state index contributed by atoms with van der Waals surface area (Å²) in [6.07, 6.45) is -0.542. The molecule has 3 N–H and O–H groups in total. The number of carboxylic acids is 1. The van der Waals surface area contributed by atoms with Gasteiger partial charge in [-0.05, 0) is 6.92 Å². The minimum Gasteiger partial charge on any atom is -0.477 e. The minimum absolute atomic E-state index is 0.0571.